The number of hydrogen-bond donors (Lipinski definition) is 2. The molecule has 0 saturated heterocycles. The lowest BCUT2D eigenvalue weighted by Crippen LogP contribution is -2.13. The molecule has 17 heteroatoms. The number of benzene rings is 2. The topological polar surface area (TPSA) is 210 Å². The van der Waals surface area contributed by atoms with Gasteiger partial charge in [0.05, 0.1) is 66.1 Å². The molecule has 0 aliphatic rings. The first-order chi connectivity index (χ1) is 25.2. The zero-order valence-electron chi connectivity index (χ0n) is 29.5. The van der Waals surface area contributed by atoms with Gasteiger partial charge in [0, 0.05) is 20.3 Å². The summed E-state index contributed by atoms with van der Waals surface area (Å²) in [5.74, 6) is -3.28. The third-order valence-corrected chi connectivity index (χ3v) is 6.36. The molecule has 0 saturated carbocycles. The molecule has 0 aliphatic heterocycles. The van der Waals surface area contributed by atoms with E-state index in [-0.39, 0.29) is 33.0 Å². The van der Waals surface area contributed by atoms with Crippen molar-refractivity contribution in [3.63, 3.8) is 0 Å². The molecule has 17 nitrogen and oxygen atoms in total. The molecule has 2 aromatic rings. The van der Waals surface area contributed by atoms with Gasteiger partial charge < -0.3 is 62.3 Å². The molecule has 0 heterocycles. The number of carboxylic acid groups (broad SMARTS) is 2. The highest BCUT2D eigenvalue weighted by Crippen LogP contribution is 2.26. The van der Waals surface area contributed by atoms with E-state index in [2.05, 4.69) is 0 Å². The van der Waals surface area contributed by atoms with Gasteiger partial charge in [0.2, 0.25) is 0 Å². The molecule has 0 bridgehead atoms. The molecule has 0 fully saturated rings. The summed E-state index contributed by atoms with van der Waals surface area (Å²) in [7, 11) is 3.20. The maximum Gasteiger partial charge on any atom is 0.317 e. The smallest absolute Gasteiger partial charge is 0.317 e. The Labute approximate surface area is 301 Å². The molecule has 0 aromatic heterocycles. The molecular formula is C35H48O17. The minimum Gasteiger partial charge on any atom is -0.491 e. The van der Waals surface area contributed by atoms with Gasteiger partial charge in [-0.15, -0.1) is 0 Å². The molecule has 2 aromatic carbocycles. The number of ether oxygens (including phenoxy) is 11. The van der Waals surface area contributed by atoms with Crippen LogP contribution in [-0.4, -0.2) is 128 Å². The predicted molar refractivity (Wildman–Crippen MR) is 179 cm³/mol. The van der Waals surface area contributed by atoms with E-state index < -0.39 is 36.7 Å². The van der Waals surface area contributed by atoms with Gasteiger partial charge in [-0.3, -0.25) is 19.2 Å². The van der Waals surface area contributed by atoms with Crippen LogP contribution in [0.3, 0.4) is 0 Å². The first-order valence-corrected chi connectivity index (χ1v) is 16.4. The third kappa shape index (κ3) is 21.6. The highest BCUT2D eigenvalue weighted by atomic mass is 16.6. The van der Waals surface area contributed by atoms with Crippen LogP contribution in [0, 0.1) is 0 Å². The van der Waals surface area contributed by atoms with Crippen molar-refractivity contribution in [3.8, 4) is 17.2 Å². The van der Waals surface area contributed by atoms with Crippen molar-refractivity contribution in [1.29, 1.82) is 0 Å². The van der Waals surface area contributed by atoms with Gasteiger partial charge in [0.15, 0.2) is 0 Å². The Bertz CT molecular complexity index is 1260. The second kappa shape index (κ2) is 27.2. The number of esters is 2. The van der Waals surface area contributed by atoms with Gasteiger partial charge in [0.25, 0.3) is 0 Å². The zero-order chi connectivity index (χ0) is 37.8. The zero-order valence-corrected chi connectivity index (χ0v) is 29.5. The first kappa shape index (κ1) is 43.6. The Morgan fingerprint density at radius 3 is 1.17 bits per heavy atom. The molecule has 0 atom stereocenters. The highest BCUT2D eigenvalue weighted by molar-refractivity contribution is 5.90. The van der Waals surface area contributed by atoms with Gasteiger partial charge >= 0.3 is 23.9 Å². The maximum absolute atomic E-state index is 11.8. The van der Waals surface area contributed by atoms with E-state index in [1.165, 1.54) is 0 Å². The molecule has 0 spiro atoms. The lowest BCUT2D eigenvalue weighted by atomic mass is 10.1. The molecule has 0 radical (unpaired) electrons. The van der Waals surface area contributed by atoms with Crippen molar-refractivity contribution in [1.82, 2.24) is 0 Å². The van der Waals surface area contributed by atoms with Crippen LogP contribution in [0.1, 0.15) is 29.5 Å². The first-order valence-electron chi connectivity index (χ1n) is 16.4. The predicted octanol–water partition coefficient (Wildman–Crippen LogP) is 2.42. The van der Waals surface area contributed by atoms with Crippen molar-refractivity contribution in [2.45, 2.75) is 32.7 Å². The number of hydrogen-bond acceptors (Lipinski definition) is 15. The molecule has 290 valence electrons. The Morgan fingerprint density at radius 2 is 0.788 bits per heavy atom. The maximum atomic E-state index is 11.8. The van der Waals surface area contributed by atoms with Crippen LogP contribution in [-0.2, 0) is 76.9 Å². The number of rotatable bonds is 31. The van der Waals surface area contributed by atoms with E-state index in [4.69, 9.17) is 62.3 Å². The van der Waals surface area contributed by atoms with Crippen LogP contribution in [0.5, 0.6) is 17.2 Å². The summed E-state index contributed by atoms with van der Waals surface area (Å²) in [4.78, 5) is 45.3. The van der Waals surface area contributed by atoms with Crippen LogP contribution in [0.4, 0.5) is 0 Å². The quantitative estimate of drug-likeness (QED) is 0.0646. The van der Waals surface area contributed by atoms with E-state index in [0.717, 1.165) is 0 Å². The average Bonchev–Trinajstić information content (AvgIpc) is 3.10. The third-order valence-electron chi connectivity index (χ3n) is 6.36. The fraction of sp³-hybridized carbons (Fsp3) is 0.543. The van der Waals surface area contributed by atoms with E-state index in [0.29, 0.717) is 100 Å². The van der Waals surface area contributed by atoms with Gasteiger partial charge in [-0.05, 0) is 47.0 Å². The molecule has 52 heavy (non-hydrogen) atoms. The second-order valence-corrected chi connectivity index (χ2v) is 10.7. The Kier molecular flexibility index (Phi) is 22.8. The fourth-order valence-electron chi connectivity index (χ4n) is 4.07. The molecule has 0 aliphatic carbocycles. The van der Waals surface area contributed by atoms with E-state index >= 15 is 0 Å². The van der Waals surface area contributed by atoms with E-state index in [1.54, 1.807) is 50.6 Å². The van der Waals surface area contributed by atoms with Gasteiger partial charge in [-0.1, -0.05) is 0 Å². The number of aliphatic carboxylic acids is 2. The fourth-order valence-corrected chi connectivity index (χ4v) is 4.07. The van der Waals surface area contributed by atoms with Crippen LogP contribution >= 0.6 is 0 Å². The molecule has 2 rings (SSSR count). The van der Waals surface area contributed by atoms with Crippen molar-refractivity contribution in [2.24, 2.45) is 0 Å². The summed E-state index contributed by atoms with van der Waals surface area (Å²) in [6, 6.07) is 9.95. The van der Waals surface area contributed by atoms with Crippen LogP contribution in [0.2, 0.25) is 0 Å². The summed E-state index contributed by atoms with van der Waals surface area (Å²) >= 11 is 0. The van der Waals surface area contributed by atoms with Gasteiger partial charge in [-0.2, -0.15) is 0 Å². The van der Waals surface area contributed by atoms with Gasteiger partial charge in [0.1, 0.15) is 63.1 Å². The second-order valence-electron chi connectivity index (χ2n) is 10.7. The largest absolute Gasteiger partial charge is 0.491 e. The van der Waals surface area contributed by atoms with Crippen molar-refractivity contribution in [3.05, 3.63) is 53.1 Å². The Hall–Kier alpha value is -4.52. The average molecular weight is 741 g/mol. The van der Waals surface area contributed by atoms with Crippen LogP contribution in [0.25, 0.3) is 0 Å². The molecular weight excluding hydrogens is 692 g/mol. The summed E-state index contributed by atoms with van der Waals surface area (Å²) in [6.45, 7) is 4.18. The Balaban J connectivity index is 2.10. The number of methoxy groups -OCH3 is 2. The van der Waals surface area contributed by atoms with E-state index in [9.17, 15) is 19.2 Å². The summed E-state index contributed by atoms with van der Waals surface area (Å²) < 4.78 is 59.7. The van der Waals surface area contributed by atoms with Crippen molar-refractivity contribution < 1.29 is 81.5 Å². The summed E-state index contributed by atoms with van der Waals surface area (Å²) in [6.07, 6.45) is -1.63. The summed E-state index contributed by atoms with van der Waals surface area (Å²) in [5, 5.41) is 17.7. The minimum atomic E-state index is -1.34. The Morgan fingerprint density at radius 1 is 0.442 bits per heavy atom. The van der Waals surface area contributed by atoms with Gasteiger partial charge in [-0.25, -0.2) is 0 Å². The summed E-state index contributed by atoms with van der Waals surface area (Å²) in [5.41, 5.74) is 1.49. The molecule has 2 N–H and O–H groups in total. The lowest BCUT2D eigenvalue weighted by Gasteiger charge is -2.15. The van der Waals surface area contributed by atoms with E-state index in [1.807, 2.05) is 0 Å². The minimum absolute atomic E-state index is 0.0265. The molecule has 0 amide bonds. The SMILES string of the molecule is COCCOCCOCCOc1cc(COc2cc(COC(=O)CC(=O)O)cc(COC(=O)CC(=O)O)c2)cc(OCCOCCOCCOC)c1. The number of carboxylic acids is 2. The monoisotopic (exact) mass is 740 g/mol. The molecule has 0 unspecified atom stereocenters. The lowest BCUT2D eigenvalue weighted by molar-refractivity contribution is -0.153. The standard InChI is InChI=1S/C35H48O17/c1-42-3-5-44-7-9-46-11-13-48-30-18-28(19-31(20-30)49-14-12-47-10-8-45-6-4-43-2)23-50-29-16-26(24-51-34(40)21-32(36)37)15-27(17-29)25-52-35(41)22-33(38)39/h15-20H,3-14,21-25H2,1-2H3,(H,36,37)(H,38,39). The normalized spacial score (nSPS) is 10.8. The van der Waals surface area contributed by atoms with Crippen LogP contribution in [0.15, 0.2) is 36.4 Å². The number of carbonyl (C=O) groups excluding carboxylic acids is 2. The van der Waals surface area contributed by atoms with Crippen molar-refractivity contribution in [2.75, 3.05) is 93.5 Å². The van der Waals surface area contributed by atoms with Crippen LogP contribution < -0.4 is 14.2 Å². The highest BCUT2D eigenvalue weighted by Gasteiger charge is 2.13. The number of carbonyl (C=O) groups is 4. The van der Waals surface area contributed by atoms with Crippen molar-refractivity contribution >= 4 is 23.9 Å².